The number of carbonyl (C=O) groups excluding carboxylic acids is 1. The van der Waals surface area contributed by atoms with Gasteiger partial charge in [-0.3, -0.25) is 4.79 Å². The molecule has 6 nitrogen and oxygen atoms in total. The first kappa shape index (κ1) is 8.79. The second-order valence-electron chi connectivity index (χ2n) is 2.65. The van der Waals surface area contributed by atoms with E-state index in [1.807, 2.05) is 13.8 Å². The number of nitrogens with zero attached hydrogens (tertiary/aromatic N) is 4. The molecule has 0 aliphatic rings. The zero-order valence-corrected chi connectivity index (χ0v) is 7.06. The predicted octanol–water partition coefficient (Wildman–Crippen LogP) is -0.605. The van der Waals surface area contributed by atoms with E-state index < -0.39 is 0 Å². The molecule has 0 unspecified atom stereocenters. The molecule has 1 heterocycles. The number of hydrogen-bond donors (Lipinski definition) is 1. The fraction of sp³-hybridized carbons (Fsp3) is 0.667. The van der Waals surface area contributed by atoms with Gasteiger partial charge < -0.3 is 5.73 Å². The van der Waals surface area contributed by atoms with Gasteiger partial charge in [0.2, 0.25) is 11.6 Å². The van der Waals surface area contributed by atoms with Gasteiger partial charge in [0.15, 0.2) is 0 Å². The summed E-state index contributed by atoms with van der Waals surface area (Å²) >= 11 is 0. The lowest BCUT2D eigenvalue weighted by molar-refractivity contribution is 0.0991. The number of hydrogen-bond acceptors (Lipinski definition) is 5. The van der Waals surface area contributed by atoms with Crippen LogP contribution in [-0.2, 0) is 0 Å². The van der Waals surface area contributed by atoms with Crippen molar-refractivity contribution in [3.63, 3.8) is 0 Å². The maximum absolute atomic E-state index is 10.9. The Hall–Kier alpha value is -1.30. The van der Waals surface area contributed by atoms with Crippen LogP contribution in [0, 0.1) is 0 Å². The molecule has 1 aromatic rings. The monoisotopic (exact) mass is 169 g/mol. The van der Waals surface area contributed by atoms with Crippen molar-refractivity contribution >= 4 is 5.78 Å². The Labute approximate surface area is 69.7 Å². The number of rotatable bonds is 3. The van der Waals surface area contributed by atoms with Crippen molar-refractivity contribution in [1.82, 2.24) is 20.2 Å². The van der Waals surface area contributed by atoms with E-state index in [0.717, 1.165) is 0 Å². The topological polar surface area (TPSA) is 86.7 Å². The predicted molar refractivity (Wildman–Crippen MR) is 41.6 cm³/mol. The molecule has 12 heavy (non-hydrogen) atoms. The molecule has 0 radical (unpaired) electrons. The number of carbonyl (C=O) groups is 1. The van der Waals surface area contributed by atoms with Gasteiger partial charge in [-0.15, -0.1) is 10.2 Å². The van der Waals surface area contributed by atoms with E-state index in [9.17, 15) is 4.79 Å². The second-order valence-corrected chi connectivity index (χ2v) is 2.65. The maximum Gasteiger partial charge on any atom is 0.241 e. The summed E-state index contributed by atoms with van der Waals surface area (Å²) < 4.78 is 0. The molecular weight excluding hydrogens is 158 g/mol. The van der Waals surface area contributed by atoms with Crippen LogP contribution in [0.25, 0.3) is 0 Å². The Balaban J connectivity index is 2.84. The zero-order chi connectivity index (χ0) is 9.14. The van der Waals surface area contributed by atoms with Crippen LogP contribution >= 0.6 is 0 Å². The van der Waals surface area contributed by atoms with Crippen molar-refractivity contribution in [2.24, 2.45) is 5.73 Å². The summed E-state index contributed by atoms with van der Waals surface area (Å²) in [6.07, 6.45) is 0. The van der Waals surface area contributed by atoms with Crippen molar-refractivity contribution in [3.8, 4) is 0 Å². The third-order valence-corrected chi connectivity index (χ3v) is 1.32. The highest BCUT2D eigenvalue weighted by molar-refractivity contribution is 5.93. The van der Waals surface area contributed by atoms with Crippen molar-refractivity contribution in [1.29, 1.82) is 0 Å². The van der Waals surface area contributed by atoms with Gasteiger partial charge in [0.1, 0.15) is 0 Å². The van der Waals surface area contributed by atoms with E-state index in [-0.39, 0.29) is 24.2 Å². The van der Waals surface area contributed by atoms with Gasteiger partial charge in [-0.1, -0.05) is 0 Å². The highest BCUT2D eigenvalue weighted by Crippen LogP contribution is 1.97. The summed E-state index contributed by atoms with van der Waals surface area (Å²) in [5.74, 6) is -0.201. The van der Waals surface area contributed by atoms with E-state index in [4.69, 9.17) is 5.73 Å². The minimum absolute atomic E-state index is 0.0796. The minimum Gasteiger partial charge on any atom is -0.324 e. The van der Waals surface area contributed by atoms with Crippen LogP contribution in [0.15, 0.2) is 0 Å². The number of tetrazole rings is 1. The average Bonchev–Trinajstić information content (AvgIpc) is 2.51. The van der Waals surface area contributed by atoms with Crippen LogP contribution in [0.3, 0.4) is 0 Å². The summed E-state index contributed by atoms with van der Waals surface area (Å²) in [5, 5.41) is 11.1. The van der Waals surface area contributed by atoms with Gasteiger partial charge in [0.05, 0.1) is 12.6 Å². The molecule has 0 aliphatic heterocycles. The third kappa shape index (κ3) is 1.65. The molecule has 0 bridgehead atoms. The van der Waals surface area contributed by atoms with Crippen LogP contribution in [0.4, 0.5) is 0 Å². The molecule has 0 aromatic carbocycles. The van der Waals surface area contributed by atoms with Gasteiger partial charge in [0, 0.05) is 0 Å². The Morgan fingerprint density at radius 1 is 1.67 bits per heavy atom. The number of aromatic nitrogens is 4. The molecule has 2 N–H and O–H groups in total. The molecule has 6 heteroatoms. The number of Topliss-reactive ketones (excluding diaryl/α,β-unsaturated/α-hetero) is 1. The lowest BCUT2D eigenvalue weighted by Gasteiger charge is -1.98. The van der Waals surface area contributed by atoms with Crippen LogP contribution in [0.1, 0.15) is 30.5 Å². The van der Waals surface area contributed by atoms with Crippen LogP contribution in [0.5, 0.6) is 0 Å². The summed E-state index contributed by atoms with van der Waals surface area (Å²) in [4.78, 5) is 12.3. The second kappa shape index (κ2) is 3.40. The van der Waals surface area contributed by atoms with Gasteiger partial charge in [0.25, 0.3) is 0 Å². The first-order valence-electron chi connectivity index (χ1n) is 3.68. The van der Waals surface area contributed by atoms with Crippen molar-refractivity contribution in [2.45, 2.75) is 19.9 Å². The first-order valence-corrected chi connectivity index (χ1v) is 3.68. The van der Waals surface area contributed by atoms with Crippen molar-refractivity contribution in [3.05, 3.63) is 5.82 Å². The van der Waals surface area contributed by atoms with Gasteiger partial charge in [-0.25, -0.2) is 0 Å². The molecule has 0 spiro atoms. The van der Waals surface area contributed by atoms with E-state index >= 15 is 0 Å². The summed E-state index contributed by atoms with van der Waals surface area (Å²) in [6.45, 7) is 3.72. The Morgan fingerprint density at radius 2 is 2.33 bits per heavy atom. The Morgan fingerprint density at radius 3 is 2.75 bits per heavy atom. The highest BCUT2D eigenvalue weighted by Gasteiger charge is 2.11. The molecule has 0 saturated heterocycles. The molecule has 0 aliphatic carbocycles. The standard InChI is InChI=1S/C6H11N5O/c1-4(2)11-9-6(8-10-11)5(12)3-7/h4H,3,7H2,1-2H3. The van der Waals surface area contributed by atoms with E-state index in [1.165, 1.54) is 4.80 Å². The summed E-state index contributed by atoms with van der Waals surface area (Å²) in [7, 11) is 0. The van der Waals surface area contributed by atoms with Gasteiger partial charge in [-0.05, 0) is 19.1 Å². The fourth-order valence-electron chi connectivity index (χ4n) is 0.647. The molecule has 1 rings (SSSR count). The fourth-order valence-corrected chi connectivity index (χ4v) is 0.647. The molecule has 0 amide bonds. The van der Waals surface area contributed by atoms with Crippen LogP contribution in [0.2, 0.25) is 0 Å². The zero-order valence-electron chi connectivity index (χ0n) is 7.06. The summed E-state index contributed by atoms with van der Waals surface area (Å²) in [6, 6.07) is 0.108. The molecule has 0 atom stereocenters. The molecular formula is C6H11N5O. The molecule has 66 valence electrons. The molecule has 1 aromatic heterocycles. The number of nitrogens with two attached hydrogens (primary N) is 1. The first-order chi connectivity index (χ1) is 5.65. The quantitative estimate of drug-likeness (QED) is 0.610. The maximum atomic E-state index is 10.9. The lowest BCUT2D eigenvalue weighted by Crippen LogP contribution is -2.15. The Kier molecular flexibility index (Phi) is 2.49. The van der Waals surface area contributed by atoms with Crippen molar-refractivity contribution in [2.75, 3.05) is 6.54 Å². The van der Waals surface area contributed by atoms with E-state index in [1.54, 1.807) is 0 Å². The largest absolute Gasteiger partial charge is 0.324 e. The van der Waals surface area contributed by atoms with Crippen molar-refractivity contribution < 1.29 is 4.79 Å². The van der Waals surface area contributed by atoms with Crippen LogP contribution < -0.4 is 5.73 Å². The normalized spacial score (nSPS) is 10.7. The van der Waals surface area contributed by atoms with Gasteiger partial charge in [-0.2, -0.15) is 4.80 Å². The SMILES string of the molecule is CC(C)n1nnc(C(=O)CN)n1. The minimum atomic E-state index is -0.290. The lowest BCUT2D eigenvalue weighted by atomic mass is 10.4. The van der Waals surface area contributed by atoms with Gasteiger partial charge >= 0.3 is 0 Å². The smallest absolute Gasteiger partial charge is 0.241 e. The van der Waals surface area contributed by atoms with E-state index in [0.29, 0.717) is 0 Å². The summed E-state index contributed by atoms with van der Waals surface area (Å²) in [5.41, 5.74) is 5.12. The third-order valence-electron chi connectivity index (χ3n) is 1.32. The van der Waals surface area contributed by atoms with Crippen LogP contribution in [-0.4, -0.2) is 32.5 Å². The molecule has 0 fully saturated rings. The highest BCUT2D eigenvalue weighted by atomic mass is 16.1. The number of ketones is 1. The van der Waals surface area contributed by atoms with E-state index in [2.05, 4.69) is 15.4 Å². The average molecular weight is 169 g/mol. The Bertz CT molecular complexity index is 279. The molecule has 0 saturated carbocycles.